The van der Waals surface area contributed by atoms with Gasteiger partial charge in [-0.15, -0.1) is 0 Å². The number of benzene rings is 1. The Kier molecular flexibility index (Phi) is 6.56. The van der Waals surface area contributed by atoms with Crippen molar-refractivity contribution in [2.24, 2.45) is 0 Å². The van der Waals surface area contributed by atoms with E-state index in [4.69, 9.17) is 4.74 Å². The lowest BCUT2D eigenvalue weighted by molar-refractivity contribution is -0.137. The summed E-state index contributed by atoms with van der Waals surface area (Å²) >= 11 is 0. The highest BCUT2D eigenvalue weighted by Gasteiger charge is 2.24. The van der Waals surface area contributed by atoms with E-state index in [0.717, 1.165) is 16.8 Å². The van der Waals surface area contributed by atoms with Gasteiger partial charge in [0.1, 0.15) is 0 Å². The third-order valence-electron chi connectivity index (χ3n) is 4.71. The summed E-state index contributed by atoms with van der Waals surface area (Å²) in [7, 11) is 1.80. The molecule has 25 heavy (non-hydrogen) atoms. The van der Waals surface area contributed by atoms with Crippen LogP contribution in [0, 0.1) is 20.8 Å². The molecule has 0 aliphatic carbocycles. The molecule has 1 fully saturated rings. The number of hydrogen-bond donors (Lipinski definition) is 1. The zero-order valence-corrected chi connectivity index (χ0v) is 15.9. The molecule has 0 spiro atoms. The Labute approximate surface area is 150 Å². The topological polar surface area (TPSA) is 61.9 Å². The van der Waals surface area contributed by atoms with Crippen molar-refractivity contribution >= 4 is 17.5 Å². The van der Waals surface area contributed by atoms with Gasteiger partial charge in [0.05, 0.1) is 25.8 Å². The molecule has 1 aromatic carbocycles. The van der Waals surface area contributed by atoms with Crippen molar-refractivity contribution in [3.05, 3.63) is 28.8 Å². The molecule has 1 saturated heterocycles. The molecule has 1 aromatic rings. The highest BCUT2D eigenvalue weighted by molar-refractivity contribution is 5.96. The van der Waals surface area contributed by atoms with Gasteiger partial charge in [0.15, 0.2) is 0 Å². The summed E-state index contributed by atoms with van der Waals surface area (Å²) in [5.74, 6) is -0.0690. The van der Waals surface area contributed by atoms with Crippen LogP contribution < -0.4 is 5.32 Å². The standard InChI is InChI=1S/C19H29N3O3/c1-13-10-14(2)18(15(3)11-13)20-19(24)16(4)21(5)12-17(23)22-6-8-25-9-7-22/h10-11,16H,6-9,12H2,1-5H3,(H,20,24)/t16-/m0/s1. The smallest absolute Gasteiger partial charge is 0.241 e. The van der Waals surface area contributed by atoms with Crippen LogP contribution in [0.1, 0.15) is 23.6 Å². The molecule has 138 valence electrons. The summed E-state index contributed by atoms with van der Waals surface area (Å²) in [4.78, 5) is 28.5. The molecule has 0 unspecified atom stereocenters. The number of ether oxygens (including phenoxy) is 1. The summed E-state index contributed by atoms with van der Waals surface area (Å²) in [6.07, 6.45) is 0. The predicted octanol–water partition coefficient (Wildman–Crippen LogP) is 1.73. The third-order valence-corrected chi connectivity index (χ3v) is 4.71. The normalized spacial score (nSPS) is 16.0. The van der Waals surface area contributed by atoms with E-state index >= 15 is 0 Å². The third kappa shape index (κ3) is 5.03. The Bertz CT molecular complexity index is 616. The molecule has 2 amide bonds. The van der Waals surface area contributed by atoms with E-state index < -0.39 is 6.04 Å². The number of amides is 2. The molecule has 1 aliphatic rings. The Morgan fingerprint density at radius 1 is 1.20 bits per heavy atom. The molecule has 1 heterocycles. The molecule has 1 atom stereocenters. The molecule has 0 radical (unpaired) electrons. The van der Waals surface area contributed by atoms with Crippen LogP contribution in [0.15, 0.2) is 12.1 Å². The number of carbonyl (C=O) groups excluding carboxylic acids is 2. The number of morpholine rings is 1. The number of likely N-dealkylation sites (N-methyl/N-ethyl adjacent to an activating group) is 1. The second kappa shape index (κ2) is 8.45. The average molecular weight is 347 g/mol. The lowest BCUT2D eigenvalue weighted by Gasteiger charge is -2.30. The highest BCUT2D eigenvalue weighted by Crippen LogP contribution is 2.22. The number of anilines is 1. The summed E-state index contributed by atoms with van der Waals surface area (Å²) in [6.45, 7) is 10.5. The van der Waals surface area contributed by atoms with E-state index in [0.29, 0.717) is 26.3 Å². The van der Waals surface area contributed by atoms with Gasteiger partial charge in [0, 0.05) is 18.8 Å². The van der Waals surface area contributed by atoms with Crippen LogP contribution in [0.4, 0.5) is 5.69 Å². The van der Waals surface area contributed by atoms with Crippen molar-refractivity contribution in [1.29, 1.82) is 0 Å². The summed E-state index contributed by atoms with van der Waals surface area (Å²) in [5.41, 5.74) is 4.12. The molecule has 1 aliphatic heterocycles. The first-order valence-electron chi connectivity index (χ1n) is 8.74. The molecule has 2 rings (SSSR count). The van der Waals surface area contributed by atoms with Gasteiger partial charge in [0.2, 0.25) is 11.8 Å². The fraction of sp³-hybridized carbons (Fsp3) is 0.579. The Morgan fingerprint density at radius 3 is 2.32 bits per heavy atom. The number of rotatable bonds is 5. The van der Waals surface area contributed by atoms with Gasteiger partial charge in [-0.3, -0.25) is 14.5 Å². The Morgan fingerprint density at radius 2 is 1.76 bits per heavy atom. The van der Waals surface area contributed by atoms with Crippen molar-refractivity contribution in [2.75, 3.05) is 45.2 Å². The molecular weight excluding hydrogens is 318 g/mol. The zero-order valence-electron chi connectivity index (χ0n) is 15.9. The maximum absolute atomic E-state index is 12.6. The van der Waals surface area contributed by atoms with Crippen LogP contribution in [0.5, 0.6) is 0 Å². The van der Waals surface area contributed by atoms with E-state index in [-0.39, 0.29) is 18.4 Å². The lowest BCUT2D eigenvalue weighted by Crippen LogP contribution is -2.48. The van der Waals surface area contributed by atoms with Crippen LogP contribution in [-0.4, -0.2) is 67.6 Å². The predicted molar refractivity (Wildman–Crippen MR) is 98.8 cm³/mol. The van der Waals surface area contributed by atoms with Crippen LogP contribution in [-0.2, 0) is 14.3 Å². The molecule has 0 saturated carbocycles. The maximum atomic E-state index is 12.6. The minimum atomic E-state index is -0.398. The Hall–Kier alpha value is -1.92. The number of hydrogen-bond acceptors (Lipinski definition) is 4. The van der Waals surface area contributed by atoms with E-state index in [1.807, 2.05) is 27.7 Å². The van der Waals surface area contributed by atoms with E-state index in [1.165, 1.54) is 5.56 Å². The minimum absolute atomic E-state index is 0.0353. The second-order valence-electron chi connectivity index (χ2n) is 6.85. The van der Waals surface area contributed by atoms with Crippen molar-refractivity contribution in [3.8, 4) is 0 Å². The fourth-order valence-electron chi connectivity index (χ4n) is 3.07. The SMILES string of the molecule is Cc1cc(C)c(NC(=O)[C@H](C)N(C)CC(=O)N2CCOCC2)c(C)c1. The van der Waals surface area contributed by atoms with Gasteiger partial charge in [-0.1, -0.05) is 17.7 Å². The largest absolute Gasteiger partial charge is 0.378 e. The quantitative estimate of drug-likeness (QED) is 0.881. The van der Waals surface area contributed by atoms with Crippen LogP contribution in [0.2, 0.25) is 0 Å². The molecular formula is C19H29N3O3. The van der Waals surface area contributed by atoms with Crippen molar-refractivity contribution < 1.29 is 14.3 Å². The van der Waals surface area contributed by atoms with Crippen LogP contribution >= 0.6 is 0 Å². The first-order chi connectivity index (χ1) is 11.8. The van der Waals surface area contributed by atoms with Gasteiger partial charge in [0.25, 0.3) is 0 Å². The zero-order chi connectivity index (χ0) is 18.6. The molecule has 6 heteroatoms. The molecule has 0 bridgehead atoms. The molecule has 1 N–H and O–H groups in total. The minimum Gasteiger partial charge on any atom is -0.378 e. The number of carbonyl (C=O) groups is 2. The fourth-order valence-corrected chi connectivity index (χ4v) is 3.07. The monoisotopic (exact) mass is 347 g/mol. The van der Waals surface area contributed by atoms with Crippen molar-refractivity contribution in [1.82, 2.24) is 9.80 Å². The first kappa shape index (κ1) is 19.4. The number of nitrogens with zero attached hydrogens (tertiary/aromatic N) is 2. The second-order valence-corrected chi connectivity index (χ2v) is 6.85. The Balaban J connectivity index is 1.96. The van der Waals surface area contributed by atoms with Crippen molar-refractivity contribution in [2.45, 2.75) is 33.7 Å². The summed E-state index contributed by atoms with van der Waals surface area (Å²) < 4.78 is 5.27. The summed E-state index contributed by atoms with van der Waals surface area (Å²) in [5, 5.41) is 3.01. The van der Waals surface area contributed by atoms with Crippen LogP contribution in [0.25, 0.3) is 0 Å². The van der Waals surface area contributed by atoms with Gasteiger partial charge < -0.3 is 15.0 Å². The van der Waals surface area contributed by atoms with E-state index in [1.54, 1.807) is 16.8 Å². The maximum Gasteiger partial charge on any atom is 0.241 e. The van der Waals surface area contributed by atoms with Gasteiger partial charge in [-0.05, 0) is 45.9 Å². The number of nitrogens with one attached hydrogen (secondary N) is 1. The molecule has 0 aromatic heterocycles. The summed E-state index contributed by atoms with van der Waals surface area (Å²) in [6, 6.07) is 3.71. The average Bonchev–Trinajstić information content (AvgIpc) is 2.57. The number of aryl methyl sites for hydroxylation is 3. The lowest BCUT2D eigenvalue weighted by atomic mass is 10.0. The van der Waals surface area contributed by atoms with E-state index in [9.17, 15) is 9.59 Å². The molecule has 6 nitrogen and oxygen atoms in total. The van der Waals surface area contributed by atoms with Crippen molar-refractivity contribution in [3.63, 3.8) is 0 Å². The van der Waals surface area contributed by atoms with E-state index in [2.05, 4.69) is 17.4 Å². The van der Waals surface area contributed by atoms with Gasteiger partial charge in [-0.25, -0.2) is 0 Å². The first-order valence-corrected chi connectivity index (χ1v) is 8.74. The highest BCUT2D eigenvalue weighted by atomic mass is 16.5. The van der Waals surface area contributed by atoms with Crippen LogP contribution in [0.3, 0.4) is 0 Å². The van der Waals surface area contributed by atoms with Gasteiger partial charge >= 0.3 is 0 Å². The van der Waals surface area contributed by atoms with Gasteiger partial charge in [-0.2, -0.15) is 0 Å².